The Balaban J connectivity index is 1.70. The normalized spacial score (nSPS) is 13.7. The maximum atomic E-state index is 7.39. The van der Waals surface area contributed by atoms with E-state index < -0.39 is 0 Å². The molecule has 0 heterocycles. The highest BCUT2D eigenvalue weighted by Crippen LogP contribution is 2.45. The lowest BCUT2D eigenvalue weighted by Gasteiger charge is -2.28. The van der Waals surface area contributed by atoms with Gasteiger partial charge in [-0.25, -0.2) is 0 Å². The van der Waals surface area contributed by atoms with E-state index in [9.17, 15) is 0 Å². The minimum Gasteiger partial charge on any atom is -0.497 e. The number of aryl methyl sites for hydroxylation is 1. The van der Waals surface area contributed by atoms with Crippen molar-refractivity contribution >= 4 is 5.69 Å². The Morgan fingerprint density at radius 1 is 0.429 bits per heavy atom. The van der Waals surface area contributed by atoms with Crippen LogP contribution in [0.15, 0.2) is 84.9 Å². The molecule has 0 spiro atoms. The molecule has 298 valence electrons. The maximum absolute atomic E-state index is 7.39. The lowest BCUT2D eigenvalue weighted by Crippen LogP contribution is -2.17. The number of nitrogen functional groups attached to an aromatic ring is 1. The first-order chi connectivity index (χ1) is 25.8. The first-order valence-electron chi connectivity index (χ1n) is 20.4. The zero-order valence-electron chi connectivity index (χ0n) is 37.6. The van der Waals surface area contributed by atoms with Crippen LogP contribution < -0.4 is 15.2 Å². The summed E-state index contributed by atoms with van der Waals surface area (Å²) in [4.78, 5) is 0. The fraction of sp³-hybridized carbons (Fsp3) is 0.434. The molecule has 0 aliphatic rings. The third-order valence-corrected chi connectivity index (χ3v) is 11.7. The van der Waals surface area contributed by atoms with Crippen LogP contribution in [-0.4, -0.2) is 14.2 Å². The number of anilines is 1. The summed E-state index contributed by atoms with van der Waals surface area (Å²) in [5.41, 5.74) is 24.2. The van der Waals surface area contributed by atoms with E-state index in [1.54, 1.807) is 14.2 Å². The van der Waals surface area contributed by atoms with Gasteiger partial charge < -0.3 is 15.2 Å². The van der Waals surface area contributed by atoms with Crippen molar-refractivity contribution in [1.29, 1.82) is 0 Å². The van der Waals surface area contributed by atoms with Gasteiger partial charge in [-0.1, -0.05) is 163 Å². The van der Waals surface area contributed by atoms with E-state index in [0.717, 1.165) is 28.3 Å². The van der Waals surface area contributed by atoms with Gasteiger partial charge in [-0.15, -0.1) is 0 Å². The molecule has 0 fully saturated rings. The molecule has 2 N–H and O–H groups in total. The highest BCUT2D eigenvalue weighted by molar-refractivity contribution is 5.76. The van der Waals surface area contributed by atoms with E-state index in [1.165, 1.54) is 61.2 Å². The van der Waals surface area contributed by atoms with E-state index >= 15 is 0 Å². The van der Waals surface area contributed by atoms with Crippen LogP contribution in [0.2, 0.25) is 0 Å². The summed E-state index contributed by atoms with van der Waals surface area (Å²) in [6.45, 7) is 34.3. The van der Waals surface area contributed by atoms with Gasteiger partial charge in [0.05, 0.1) is 14.2 Å². The molecule has 0 bridgehead atoms. The molecule has 2 unspecified atom stereocenters. The van der Waals surface area contributed by atoms with Crippen molar-refractivity contribution in [2.45, 2.75) is 137 Å². The standard InChI is InChI=1S/C53H69NO2/c1-32-22-45(33(2)43-20-18-41(55-16)30-47(43)35-24-37(50(4,5)6)28-38(25-35)51(7,8)9)49(54)46(23-32)34(3)44-21-19-42(56-17)31-48(44)36-26-39(52(10,11)12)29-40(27-36)53(13,14)15/h18-31,33-34H,54H2,1-17H3. The summed E-state index contributed by atoms with van der Waals surface area (Å²) < 4.78 is 11.7. The van der Waals surface area contributed by atoms with Crippen LogP contribution in [0.25, 0.3) is 22.3 Å². The number of methoxy groups -OCH3 is 2. The maximum Gasteiger partial charge on any atom is 0.119 e. The fourth-order valence-electron chi connectivity index (χ4n) is 7.78. The van der Waals surface area contributed by atoms with Gasteiger partial charge in [0.1, 0.15) is 11.5 Å². The number of rotatable bonds is 8. The Morgan fingerprint density at radius 2 is 0.732 bits per heavy atom. The first kappa shape index (κ1) is 42.6. The second-order valence-corrected chi connectivity index (χ2v) is 20.3. The number of nitrogens with two attached hydrogens (primary N) is 1. The number of benzene rings is 5. The SMILES string of the molecule is COc1ccc(C(C)c2cc(C)cc(C(C)c3ccc(OC)cc3-c3cc(C(C)(C)C)cc(C(C)(C)C)c3)c2N)c(-c2cc(C(C)(C)C)cc(C(C)(C)C)c2)c1. The third-order valence-electron chi connectivity index (χ3n) is 11.7. The van der Waals surface area contributed by atoms with Crippen LogP contribution in [0.1, 0.15) is 159 Å². The van der Waals surface area contributed by atoms with Gasteiger partial charge >= 0.3 is 0 Å². The molecule has 0 saturated carbocycles. The third kappa shape index (κ3) is 9.04. The molecule has 3 heteroatoms. The molecule has 5 aromatic carbocycles. The minimum atomic E-state index is -0.00461. The van der Waals surface area contributed by atoms with E-state index in [4.69, 9.17) is 15.2 Å². The summed E-state index contributed by atoms with van der Waals surface area (Å²) in [5.74, 6) is 1.73. The predicted molar refractivity (Wildman–Crippen MR) is 242 cm³/mol. The Bertz CT molecular complexity index is 1990. The van der Waals surface area contributed by atoms with Gasteiger partial charge in [-0.2, -0.15) is 0 Å². The molecule has 5 aromatic rings. The van der Waals surface area contributed by atoms with Crippen molar-refractivity contribution in [3.63, 3.8) is 0 Å². The van der Waals surface area contributed by atoms with E-state index in [-0.39, 0.29) is 33.5 Å². The molecule has 0 amide bonds. The van der Waals surface area contributed by atoms with Crippen molar-refractivity contribution in [2.75, 3.05) is 20.0 Å². The number of hydrogen-bond donors (Lipinski definition) is 1. The fourth-order valence-corrected chi connectivity index (χ4v) is 7.78. The van der Waals surface area contributed by atoms with Crippen LogP contribution in [0.5, 0.6) is 11.5 Å². The van der Waals surface area contributed by atoms with E-state index in [2.05, 4.69) is 189 Å². The number of hydrogen-bond acceptors (Lipinski definition) is 3. The van der Waals surface area contributed by atoms with Gasteiger partial charge in [0, 0.05) is 17.5 Å². The molecular formula is C53H69NO2. The van der Waals surface area contributed by atoms with Crippen molar-refractivity contribution < 1.29 is 9.47 Å². The summed E-state index contributed by atoms with van der Waals surface area (Å²) in [6.07, 6.45) is 0. The Kier molecular flexibility index (Phi) is 11.8. The first-order valence-corrected chi connectivity index (χ1v) is 20.4. The van der Waals surface area contributed by atoms with Crippen LogP contribution in [-0.2, 0) is 21.7 Å². The molecule has 2 atom stereocenters. The zero-order valence-corrected chi connectivity index (χ0v) is 37.6. The Hall–Kier alpha value is -4.50. The predicted octanol–water partition coefficient (Wildman–Crippen LogP) is 14.4. The molecule has 0 aliphatic carbocycles. The lowest BCUT2D eigenvalue weighted by atomic mass is 9.77. The zero-order chi connectivity index (χ0) is 41.7. The van der Waals surface area contributed by atoms with Crippen molar-refractivity contribution in [1.82, 2.24) is 0 Å². The average molecular weight is 752 g/mol. The van der Waals surface area contributed by atoms with Gasteiger partial charge in [0.15, 0.2) is 0 Å². The Morgan fingerprint density at radius 3 is 1.00 bits per heavy atom. The Labute approximate surface area is 340 Å². The van der Waals surface area contributed by atoms with Crippen LogP contribution in [0.3, 0.4) is 0 Å². The quantitative estimate of drug-likeness (QED) is 0.161. The average Bonchev–Trinajstić information content (AvgIpc) is 3.12. The van der Waals surface area contributed by atoms with Crippen LogP contribution in [0.4, 0.5) is 5.69 Å². The largest absolute Gasteiger partial charge is 0.497 e. The summed E-state index contributed by atoms with van der Waals surface area (Å²) in [5, 5.41) is 0. The molecule has 56 heavy (non-hydrogen) atoms. The van der Waals surface area contributed by atoms with Crippen molar-refractivity contribution in [2.24, 2.45) is 0 Å². The monoisotopic (exact) mass is 752 g/mol. The molecule has 0 saturated heterocycles. The highest BCUT2D eigenvalue weighted by Gasteiger charge is 2.27. The highest BCUT2D eigenvalue weighted by atomic mass is 16.5. The van der Waals surface area contributed by atoms with Gasteiger partial charge in [0.25, 0.3) is 0 Å². The summed E-state index contributed by atoms with van der Waals surface area (Å²) >= 11 is 0. The van der Waals surface area contributed by atoms with Gasteiger partial charge in [-0.05, 0) is 120 Å². The molecular weight excluding hydrogens is 683 g/mol. The lowest BCUT2D eigenvalue weighted by molar-refractivity contribution is 0.414. The van der Waals surface area contributed by atoms with E-state index in [1.807, 2.05) is 0 Å². The van der Waals surface area contributed by atoms with E-state index in [0.29, 0.717) is 0 Å². The molecule has 0 aromatic heterocycles. The van der Waals surface area contributed by atoms with Gasteiger partial charge in [0.2, 0.25) is 0 Å². The topological polar surface area (TPSA) is 44.5 Å². The van der Waals surface area contributed by atoms with Crippen LogP contribution >= 0.6 is 0 Å². The van der Waals surface area contributed by atoms with Crippen molar-refractivity contribution in [3.05, 3.63) is 135 Å². The molecule has 5 rings (SSSR count). The molecule has 0 radical (unpaired) electrons. The van der Waals surface area contributed by atoms with Crippen LogP contribution in [0, 0.1) is 6.92 Å². The second-order valence-electron chi connectivity index (χ2n) is 20.3. The second kappa shape index (κ2) is 15.4. The minimum absolute atomic E-state index is 0.00461. The van der Waals surface area contributed by atoms with Gasteiger partial charge in [-0.3, -0.25) is 0 Å². The summed E-state index contributed by atoms with van der Waals surface area (Å²) in [7, 11) is 3.49. The summed E-state index contributed by atoms with van der Waals surface area (Å²) in [6, 6.07) is 31.9. The van der Waals surface area contributed by atoms with Crippen molar-refractivity contribution in [3.8, 4) is 33.8 Å². The number of ether oxygens (including phenoxy) is 2. The smallest absolute Gasteiger partial charge is 0.119 e. The molecule has 3 nitrogen and oxygen atoms in total. The molecule has 0 aliphatic heterocycles.